The molecule has 2 rings (SSSR count). The van der Waals surface area contributed by atoms with Crippen LogP contribution in [0.4, 0.5) is 0 Å². The van der Waals surface area contributed by atoms with E-state index in [9.17, 15) is 13.2 Å². The third-order valence-corrected chi connectivity index (χ3v) is 5.16. The Morgan fingerprint density at radius 1 is 1.32 bits per heavy atom. The zero-order valence-corrected chi connectivity index (χ0v) is 11.8. The Morgan fingerprint density at radius 2 is 1.89 bits per heavy atom. The zero-order valence-electron chi connectivity index (χ0n) is 11.0. The van der Waals surface area contributed by atoms with E-state index in [0.717, 1.165) is 18.4 Å². The highest BCUT2D eigenvalue weighted by Gasteiger charge is 2.34. The van der Waals surface area contributed by atoms with Crippen molar-refractivity contribution in [3.63, 3.8) is 0 Å². The maximum absolute atomic E-state index is 12.2. The highest BCUT2D eigenvalue weighted by molar-refractivity contribution is 7.89. The molecule has 1 fully saturated rings. The first-order valence-electron chi connectivity index (χ1n) is 6.09. The van der Waals surface area contributed by atoms with Crippen LogP contribution in [0.1, 0.15) is 18.4 Å². The van der Waals surface area contributed by atoms with Crippen LogP contribution in [-0.2, 0) is 26.0 Å². The van der Waals surface area contributed by atoms with Gasteiger partial charge in [0.1, 0.15) is 0 Å². The van der Waals surface area contributed by atoms with E-state index in [1.165, 1.54) is 23.5 Å². The number of rotatable bonds is 5. The second kappa shape index (κ2) is 5.30. The number of esters is 1. The van der Waals surface area contributed by atoms with Crippen LogP contribution in [-0.4, -0.2) is 38.9 Å². The SMILES string of the molecule is COC(=O)Cc1ccc(S(=O)(=O)N(C)C2CC2)cc1. The molecule has 6 heteroatoms. The molecule has 1 saturated carbocycles. The fourth-order valence-corrected chi connectivity index (χ4v) is 3.23. The molecule has 0 N–H and O–H groups in total. The van der Waals surface area contributed by atoms with Gasteiger partial charge in [0.2, 0.25) is 10.0 Å². The second-order valence-electron chi connectivity index (χ2n) is 4.65. The summed E-state index contributed by atoms with van der Waals surface area (Å²) in [6.45, 7) is 0. The van der Waals surface area contributed by atoms with Crippen molar-refractivity contribution in [3.05, 3.63) is 29.8 Å². The molecule has 0 amide bonds. The molecule has 0 saturated heterocycles. The summed E-state index contributed by atoms with van der Waals surface area (Å²) < 4.78 is 30.5. The van der Waals surface area contributed by atoms with Crippen LogP contribution < -0.4 is 0 Å². The van der Waals surface area contributed by atoms with Gasteiger partial charge in [0, 0.05) is 13.1 Å². The van der Waals surface area contributed by atoms with Crippen molar-refractivity contribution < 1.29 is 17.9 Å². The topological polar surface area (TPSA) is 63.7 Å². The van der Waals surface area contributed by atoms with Crippen molar-refractivity contribution >= 4 is 16.0 Å². The van der Waals surface area contributed by atoms with Gasteiger partial charge < -0.3 is 4.74 Å². The average molecular weight is 283 g/mol. The van der Waals surface area contributed by atoms with Crippen molar-refractivity contribution in [2.75, 3.05) is 14.2 Å². The van der Waals surface area contributed by atoms with Crippen molar-refractivity contribution in [2.45, 2.75) is 30.2 Å². The third kappa shape index (κ3) is 3.13. The lowest BCUT2D eigenvalue weighted by Crippen LogP contribution is -2.28. The molecule has 0 radical (unpaired) electrons. The third-order valence-electron chi connectivity index (χ3n) is 3.24. The number of carbonyl (C=O) groups excluding carboxylic acids is 1. The Balaban J connectivity index is 2.15. The lowest BCUT2D eigenvalue weighted by atomic mass is 10.2. The highest BCUT2D eigenvalue weighted by Crippen LogP contribution is 2.30. The molecule has 1 aliphatic rings. The molecule has 0 unspecified atom stereocenters. The van der Waals surface area contributed by atoms with E-state index < -0.39 is 10.0 Å². The van der Waals surface area contributed by atoms with E-state index in [0.29, 0.717) is 0 Å². The minimum absolute atomic E-state index is 0.139. The van der Waals surface area contributed by atoms with Crippen LogP contribution in [0, 0.1) is 0 Å². The second-order valence-corrected chi connectivity index (χ2v) is 6.65. The number of hydrogen-bond acceptors (Lipinski definition) is 4. The fourth-order valence-electron chi connectivity index (χ4n) is 1.82. The smallest absolute Gasteiger partial charge is 0.309 e. The largest absolute Gasteiger partial charge is 0.469 e. The summed E-state index contributed by atoms with van der Waals surface area (Å²) >= 11 is 0. The molecule has 19 heavy (non-hydrogen) atoms. The van der Waals surface area contributed by atoms with Crippen LogP contribution in [0.3, 0.4) is 0 Å². The predicted molar refractivity (Wildman–Crippen MR) is 70.1 cm³/mol. The molecule has 1 aromatic carbocycles. The van der Waals surface area contributed by atoms with Gasteiger partial charge in [-0.2, -0.15) is 4.31 Å². The van der Waals surface area contributed by atoms with Crippen LogP contribution in [0.5, 0.6) is 0 Å². The number of sulfonamides is 1. The molecule has 1 aliphatic carbocycles. The molecule has 0 spiro atoms. The van der Waals surface area contributed by atoms with E-state index in [2.05, 4.69) is 4.74 Å². The Kier molecular flexibility index (Phi) is 3.91. The molecule has 5 nitrogen and oxygen atoms in total. The number of carbonyl (C=O) groups is 1. The van der Waals surface area contributed by atoms with Crippen molar-refractivity contribution in [1.82, 2.24) is 4.31 Å². The van der Waals surface area contributed by atoms with Gasteiger partial charge in [0.15, 0.2) is 0 Å². The summed E-state index contributed by atoms with van der Waals surface area (Å²) in [7, 11) is -0.478. The maximum atomic E-state index is 12.2. The fraction of sp³-hybridized carbons (Fsp3) is 0.462. The van der Waals surface area contributed by atoms with E-state index in [4.69, 9.17) is 0 Å². The molecule has 0 aromatic heterocycles. The van der Waals surface area contributed by atoms with E-state index >= 15 is 0 Å². The zero-order chi connectivity index (χ0) is 14.0. The molecular formula is C13H17NO4S. The Bertz CT molecular complexity index is 561. The summed E-state index contributed by atoms with van der Waals surface area (Å²) in [5.41, 5.74) is 0.736. The van der Waals surface area contributed by atoms with E-state index in [1.807, 2.05) is 0 Å². The molecule has 0 aliphatic heterocycles. The first-order valence-corrected chi connectivity index (χ1v) is 7.53. The Morgan fingerprint density at radius 3 is 2.37 bits per heavy atom. The summed E-state index contributed by atoms with van der Waals surface area (Å²) in [4.78, 5) is 11.4. The predicted octanol–water partition coefficient (Wildman–Crippen LogP) is 1.18. The van der Waals surface area contributed by atoms with Crippen molar-refractivity contribution in [1.29, 1.82) is 0 Å². The summed E-state index contributed by atoms with van der Waals surface area (Å²) in [6, 6.07) is 6.49. The average Bonchev–Trinajstić information content (AvgIpc) is 3.22. The number of ether oxygens (including phenoxy) is 1. The normalized spacial score (nSPS) is 15.5. The monoisotopic (exact) mass is 283 g/mol. The van der Waals surface area contributed by atoms with Gasteiger partial charge in [0.05, 0.1) is 18.4 Å². The standard InChI is InChI=1S/C13H17NO4S/c1-14(11-5-6-11)19(16,17)12-7-3-10(4-8-12)9-13(15)18-2/h3-4,7-8,11H,5-6,9H2,1-2H3. The van der Waals surface area contributed by atoms with Crippen molar-refractivity contribution in [3.8, 4) is 0 Å². The number of nitrogens with zero attached hydrogens (tertiary/aromatic N) is 1. The minimum Gasteiger partial charge on any atom is -0.469 e. The first kappa shape index (κ1) is 14.0. The number of hydrogen-bond donors (Lipinski definition) is 0. The van der Waals surface area contributed by atoms with Gasteiger partial charge in [-0.25, -0.2) is 8.42 Å². The molecular weight excluding hydrogens is 266 g/mol. The van der Waals surface area contributed by atoms with Crippen LogP contribution in [0.15, 0.2) is 29.2 Å². The van der Waals surface area contributed by atoms with E-state index in [1.54, 1.807) is 19.2 Å². The Labute approximate surface area is 113 Å². The molecule has 1 aromatic rings. The van der Waals surface area contributed by atoms with Crippen molar-refractivity contribution in [2.24, 2.45) is 0 Å². The molecule has 0 bridgehead atoms. The van der Waals surface area contributed by atoms with E-state index in [-0.39, 0.29) is 23.3 Å². The summed E-state index contributed by atoms with van der Waals surface area (Å²) in [5.74, 6) is -0.342. The lowest BCUT2D eigenvalue weighted by molar-refractivity contribution is -0.139. The van der Waals surface area contributed by atoms with Gasteiger partial charge in [-0.15, -0.1) is 0 Å². The molecule has 0 atom stereocenters. The number of benzene rings is 1. The summed E-state index contributed by atoms with van der Waals surface area (Å²) in [6.07, 6.45) is 2.00. The molecule has 0 heterocycles. The van der Waals surface area contributed by atoms with Crippen LogP contribution in [0.2, 0.25) is 0 Å². The number of methoxy groups -OCH3 is 1. The van der Waals surface area contributed by atoms with Gasteiger partial charge in [-0.1, -0.05) is 12.1 Å². The van der Waals surface area contributed by atoms with Gasteiger partial charge >= 0.3 is 5.97 Å². The van der Waals surface area contributed by atoms with Crippen LogP contribution >= 0.6 is 0 Å². The molecule has 104 valence electrons. The van der Waals surface area contributed by atoms with Gasteiger partial charge in [0.25, 0.3) is 0 Å². The van der Waals surface area contributed by atoms with Gasteiger partial charge in [-0.05, 0) is 30.5 Å². The summed E-state index contributed by atoms with van der Waals surface area (Å²) in [5, 5.41) is 0. The van der Waals surface area contributed by atoms with Gasteiger partial charge in [-0.3, -0.25) is 4.79 Å². The minimum atomic E-state index is -3.41. The Hall–Kier alpha value is -1.40. The highest BCUT2D eigenvalue weighted by atomic mass is 32.2. The quantitative estimate of drug-likeness (QED) is 0.761. The lowest BCUT2D eigenvalue weighted by Gasteiger charge is -2.16. The van der Waals surface area contributed by atoms with Crippen LogP contribution in [0.25, 0.3) is 0 Å². The first-order chi connectivity index (χ1) is 8.95. The maximum Gasteiger partial charge on any atom is 0.309 e.